The number of imide groups is 2. The summed E-state index contributed by atoms with van der Waals surface area (Å²) < 4.78 is 6.49. The molecule has 0 saturated carbocycles. The number of aryl methyl sites for hydroxylation is 1. The van der Waals surface area contributed by atoms with Gasteiger partial charge in [0.15, 0.2) is 5.09 Å². The molecule has 162 valence electrons. The number of furan rings is 1. The van der Waals surface area contributed by atoms with E-state index in [1.54, 1.807) is 30.3 Å². The Morgan fingerprint density at radius 1 is 1.09 bits per heavy atom. The van der Waals surface area contributed by atoms with Crippen LogP contribution in [0, 0.1) is 13.8 Å². The zero-order chi connectivity index (χ0) is 23.0. The highest BCUT2D eigenvalue weighted by atomic mass is 79.9. The molecule has 4 rings (SSSR count). The van der Waals surface area contributed by atoms with E-state index in [1.165, 1.54) is 17.8 Å². The molecule has 0 spiro atoms. The molecule has 2 heterocycles. The number of nitrogens with zero attached hydrogens (tertiary/aromatic N) is 1. The number of halogens is 2. The average Bonchev–Trinajstić information content (AvgIpc) is 3.09. The Balaban J connectivity index is 1.66. The van der Waals surface area contributed by atoms with E-state index in [0.29, 0.717) is 26.0 Å². The van der Waals surface area contributed by atoms with Gasteiger partial charge in [0.05, 0.1) is 10.2 Å². The number of hydrogen-bond donors (Lipinski definition) is 1. The van der Waals surface area contributed by atoms with Gasteiger partial charge in [-0.25, -0.2) is 9.69 Å². The summed E-state index contributed by atoms with van der Waals surface area (Å²) in [6.07, 6.45) is 1.33. The van der Waals surface area contributed by atoms with E-state index in [0.717, 1.165) is 20.9 Å². The molecule has 0 aliphatic carbocycles. The first kappa shape index (κ1) is 22.4. The molecule has 6 nitrogen and oxygen atoms in total. The van der Waals surface area contributed by atoms with Crippen LogP contribution in [0.1, 0.15) is 16.9 Å². The summed E-state index contributed by atoms with van der Waals surface area (Å²) in [6, 6.07) is 13.4. The third-order valence-electron chi connectivity index (χ3n) is 4.90. The van der Waals surface area contributed by atoms with Crippen molar-refractivity contribution in [3.63, 3.8) is 0 Å². The number of rotatable bonds is 4. The lowest BCUT2D eigenvalue weighted by molar-refractivity contribution is -0.122. The molecule has 1 aromatic heterocycles. The normalized spacial score (nSPS) is 15.4. The first-order valence-corrected chi connectivity index (χ1v) is 11.4. The zero-order valence-corrected chi connectivity index (χ0v) is 20.1. The molecule has 1 N–H and O–H groups in total. The minimum atomic E-state index is -0.787. The maximum atomic E-state index is 13.1. The van der Waals surface area contributed by atoms with Gasteiger partial charge in [-0.05, 0) is 83.4 Å². The van der Waals surface area contributed by atoms with Crippen molar-refractivity contribution in [2.75, 3.05) is 4.90 Å². The number of carbonyl (C=O) groups excluding carboxylic acids is 3. The molecule has 32 heavy (non-hydrogen) atoms. The van der Waals surface area contributed by atoms with Crippen molar-refractivity contribution in [2.45, 2.75) is 23.8 Å². The van der Waals surface area contributed by atoms with E-state index >= 15 is 0 Å². The largest absolute Gasteiger partial charge is 0.449 e. The monoisotopic (exact) mass is 530 g/mol. The van der Waals surface area contributed by atoms with Gasteiger partial charge in [0.1, 0.15) is 11.3 Å². The van der Waals surface area contributed by atoms with E-state index in [4.69, 9.17) is 16.0 Å². The Hall–Kier alpha value is -2.81. The van der Waals surface area contributed by atoms with E-state index < -0.39 is 17.8 Å². The smallest absolute Gasteiger partial charge is 0.335 e. The van der Waals surface area contributed by atoms with Crippen molar-refractivity contribution in [1.82, 2.24) is 5.32 Å². The van der Waals surface area contributed by atoms with Crippen LogP contribution in [-0.2, 0) is 9.59 Å². The van der Waals surface area contributed by atoms with Crippen LogP contribution in [0.2, 0.25) is 5.02 Å². The topological polar surface area (TPSA) is 79.6 Å². The Morgan fingerprint density at radius 2 is 1.81 bits per heavy atom. The summed E-state index contributed by atoms with van der Waals surface area (Å²) in [7, 11) is 0. The predicted octanol–water partition coefficient (Wildman–Crippen LogP) is 6.13. The summed E-state index contributed by atoms with van der Waals surface area (Å²) in [5.74, 6) is -1.20. The van der Waals surface area contributed by atoms with Crippen molar-refractivity contribution in [3.05, 3.63) is 80.5 Å². The number of benzene rings is 2. The fourth-order valence-electron chi connectivity index (χ4n) is 3.12. The zero-order valence-electron chi connectivity index (χ0n) is 16.9. The van der Waals surface area contributed by atoms with Crippen LogP contribution in [0.5, 0.6) is 0 Å². The maximum absolute atomic E-state index is 13.1. The quantitative estimate of drug-likeness (QED) is 0.324. The van der Waals surface area contributed by atoms with E-state index in [2.05, 4.69) is 21.2 Å². The van der Waals surface area contributed by atoms with Gasteiger partial charge in [0.25, 0.3) is 11.8 Å². The second kappa shape index (κ2) is 8.97. The minimum absolute atomic E-state index is 0.199. The Bertz CT molecular complexity index is 1280. The molecule has 1 fully saturated rings. The second-order valence-electron chi connectivity index (χ2n) is 7.02. The maximum Gasteiger partial charge on any atom is 0.335 e. The molecule has 0 bridgehead atoms. The Labute approximate surface area is 201 Å². The summed E-state index contributed by atoms with van der Waals surface area (Å²) in [6.45, 7) is 3.70. The van der Waals surface area contributed by atoms with Crippen molar-refractivity contribution in [3.8, 4) is 0 Å². The lowest BCUT2D eigenvalue weighted by atomic mass is 10.0. The molecule has 0 unspecified atom stereocenters. The van der Waals surface area contributed by atoms with Crippen LogP contribution in [0.4, 0.5) is 10.5 Å². The van der Waals surface area contributed by atoms with Crippen molar-refractivity contribution >= 4 is 68.9 Å². The van der Waals surface area contributed by atoms with Gasteiger partial charge in [-0.3, -0.25) is 14.9 Å². The van der Waals surface area contributed by atoms with E-state index in [1.807, 2.05) is 32.0 Å². The van der Waals surface area contributed by atoms with Crippen LogP contribution in [0.3, 0.4) is 0 Å². The summed E-state index contributed by atoms with van der Waals surface area (Å²) in [5, 5.41) is 3.40. The number of urea groups is 1. The van der Waals surface area contributed by atoms with Crippen LogP contribution >= 0.6 is 39.3 Å². The SMILES string of the molecule is Cc1cccc(N2C(=O)NC(=O)/C(=C\c3cc(Br)c(Sc4ccc(Cl)cc4)o3)C2=O)c1C. The predicted molar refractivity (Wildman–Crippen MR) is 127 cm³/mol. The molecule has 0 radical (unpaired) electrons. The lowest BCUT2D eigenvalue weighted by Crippen LogP contribution is -2.54. The number of barbiturate groups is 1. The summed E-state index contributed by atoms with van der Waals surface area (Å²) in [5.41, 5.74) is 1.91. The number of nitrogens with one attached hydrogen (secondary N) is 1. The van der Waals surface area contributed by atoms with Crippen LogP contribution in [-0.4, -0.2) is 17.8 Å². The molecule has 0 atom stereocenters. The third kappa shape index (κ3) is 4.39. The highest BCUT2D eigenvalue weighted by molar-refractivity contribution is 9.10. The van der Waals surface area contributed by atoms with E-state index in [9.17, 15) is 14.4 Å². The number of amides is 4. The molecule has 3 aromatic rings. The van der Waals surface area contributed by atoms with Gasteiger partial charge in [-0.15, -0.1) is 0 Å². The number of hydrogen-bond acceptors (Lipinski definition) is 5. The Kier molecular flexibility index (Phi) is 6.28. The van der Waals surface area contributed by atoms with Crippen LogP contribution in [0.25, 0.3) is 6.08 Å². The van der Waals surface area contributed by atoms with Crippen molar-refractivity contribution in [2.24, 2.45) is 0 Å². The highest BCUT2D eigenvalue weighted by Gasteiger charge is 2.37. The third-order valence-corrected chi connectivity index (χ3v) is 7.00. The van der Waals surface area contributed by atoms with Gasteiger partial charge < -0.3 is 4.42 Å². The summed E-state index contributed by atoms with van der Waals surface area (Å²) >= 11 is 10.7. The Morgan fingerprint density at radius 3 is 2.53 bits per heavy atom. The number of carbonyl (C=O) groups is 3. The average molecular weight is 532 g/mol. The van der Waals surface area contributed by atoms with Crippen molar-refractivity contribution in [1.29, 1.82) is 0 Å². The molecular formula is C23H16BrClN2O4S. The molecule has 2 aromatic carbocycles. The van der Waals surface area contributed by atoms with Gasteiger partial charge in [0, 0.05) is 9.92 Å². The fourth-order valence-corrected chi connectivity index (χ4v) is 4.57. The van der Waals surface area contributed by atoms with E-state index in [-0.39, 0.29) is 5.57 Å². The fraction of sp³-hybridized carbons (Fsp3) is 0.0870. The first-order valence-electron chi connectivity index (χ1n) is 9.45. The lowest BCUT2D eigenvalue weighted by Gasteiger charge is -2.27. The molecular weight excluding hydrogens is 516 g/mol. The standard InChI is InChI=1S/C23H16BrClN2O4S/c1-12-4-3-5-19(13(12)2)27-21(29)17(20(28)26-23(27)30)10-15-11-18(24)22(31-15)32-16-8-6-14(25)7-9-16/h3-11H,1-2H3,(H,26,28,30)/b17-10+. The molecule has 1 aliphatic heterocycles. The molecule has 1 saturated heterocycles. The molecule has 9 heteroatoms. The second-order valence-corrected chi connectivity index (χ2v) is 9.35. The highest BCUT2D eigenvalue weighted by Crippen LogP contribution is 2.37. The van der Waals surface area contributed by atoms with Crippen LogP contribution < -0.4 is 10.2 Å². The molecule has 4 amide bonds. The van der Waals surface area contributed by atoms with Crippen molar-refractivity contribution < 1.29 is 18.8 Å². The van der Waals surface area contributed by atoms with Crippen LogP contribution in [0.15, 0.2) is 73.0 Å². The molecule has 1 aliphatic rings. The van der Waals surface area contributed by atoms with Gasteiger partial charge in [0.2, 0.25) is 0 Å². The number of anilines is 1. The first-order chi connectivity index (χ1) is 15.2. The van der Waals surface area contributed by atoms with Gasteiger partial charge >= 0.3 is 6.03 Å². The van der Waals surface area contributed by atoms with Gasteiger partial charge in [-0.2, -0.15) is 0 Å². The van der Waals surface area contributed by atoms with Gasteiger partial charge in [-0.1, -0.05) is 35.5 Å². The minimum Gasteiger partial charge on any atom is -0.449 e. The summed E-state index contributed by atoms with van der Waals surface area (Å²) in [4.78, 5) is 39.9.